The topological polar surface area (TPSA) is 29.3 Å². The van der Waals surface area contributed by atoms with Crippen molar-refractivity contribution in [3.05, 3.63) is 29.6 Å². The molecule has 1 saturated heterocycles. The number of nitrogens with two attached hydrogens (primary N) is 1. The second kappa shape index (κ2) is 7.79. The van der Waals surface area contributed by atoms with Gasteiger partial charge in [0, 0.05) is 29.9 Å². The van der Waals surface area contributed by atoms with E-state index < -0.39 is 0 Å². The number of hydrogen-bond acceptors (Lipinski definition) is 2. The maximum Gasteiger partial charge on any atom is 0.128 e. The highest BCUT2D eigenvalue weighted by molar-refractivity contribution is 5.55. The molecular formula is C18H29FN2. The van der Waals surface area contributed by atoms with Crippen LogP contribution >= 0.6 is 0 Å². The minimum absolute atomic E-state index is 0.0371. The highest BCUT2D eigenvalue weighted by atomic mass is 19.1. The average molecular weight is 292 g/mol. The van der Waals surface area contributed by atoms with E-state index in [1.807, 2.05) is 6.07 Å². The van der Waals surface area contributed by atoms with E-state index in [9.17, 15) is 4.39 Å². The molecule has 2 atom stereocenters. The summed E-state index contributed by atoms with van der Waals surface area (Å²) in [7, 11) is 0. The van der Waals surface area contributed by atoms with E-state index in [0.29, 0.717) is 12.5 Å². The van der Waals surface area contributed by atoms with E-state index in [2.05, 4.69) is 24.8 Å². The molecule has 0 spiro atoms. The Kier molecular flexibility index (Phi) is 6.04. The molecule has 2 unspecified atom stereocenters. The number of nitrogens with zero attached hydrogens (tertiary/aromatic N) is 1. The van der Waals surface area contributed by atoms with Crippen LogP contribution in [0.15, 0.2) is 18.2 Å². The van der Waals surface area contributed by atoms with Crippen molar-refractivity contribution in [3.63, 3.8) is 0 Å². The van der Waals surface area contributed by atoms with Crippen LogP contribution in [0.2, 0.25) is 0 Å². The van der Waals surface area contributed by atoms with Gasteiger partial charge in [0.1, 0.15) is 5.82 Å². The maximum absolute atomic E-state index is 14.3. The van der Waals surface area contributed by atoms with E-state index in [-0.39, 0.29) is 11.9 Å². The van der Waals surface area contributed by atoms with Crippen molar-refractivity contribution in [2.75, 3.05) is 11.4 Å². The highest BCUT2D eigenvalue weighted by Gasteiger charge is 2.25. The van der Waals surface area contributed by atoms with Crippen LogP contribution in [-0.2, 0) is 6.42 Å². The molecule has 1 aliphatic heterocycles. The van der Waals surface area contributed by atoms with Crippen LogP contribution < -0.4 is 10.6 Å². The Morgan fingerprint density at radius 2 is 2.14 bits per heavy atom. The Morgan fingerprint density at radius 3 is 2.86 bits per heavy atom. The lowest BCUT2D eigenvalue weighted by atomic mass is 9.94. The average Bonchev–Trinajstić information content (AvgIpc) is 2.50. The van der Waals surface area contributed by atoms with Crippen LogP contribution in [-0.4, -0.2) is 18.6 Å². The van der Waals surface area contributed by atoms with Crippen molar-refractivity contribution in [1.29, 1.82) is 0 Å². The Bertz CT molecular complexity index is 445. The maximum atomic E-state index is 14.3. The van der Waals surface area contributed by atoms with Crippen LogP contribution in [0.5, 0.6) is 0 Å². The molecule has 0 aliphatic carbocycles. The van der Waals surface area contributed by atoms with Crippen molar-refractivity contribution in [1.82, 2.24) is 0 Å². The molecule has 2 N–H and O–H groups in total. The number of halogens is 1. The van der Waals surface area contributed by atoms with Crippen LogP contribution in [0.4, 0.5) is 10.1 Å². The Hall–Kier alpha value is -1.09. The summed E-state index contributed by atoms with van der Waals surface area (Å²) in [6.07, 6.45) is 7.61. The molecule has 21 heavy (non-hydrogen) atoms. The molecule has 0 aromatic heterocycles. The first-order chi connectivity index (χ1) is 10.2. The fourth-order valence-corrected chi connectivity index (χ4v) is 3.38. The van der Waals surface area contributed by atoms with Gasteiger partial charge in [-0.05, 0) is 50.7 Å². The number of piperidine rings is 1. The molecule has 1 aromatic rings. The summed E-state index contributed by atoms with van der Waals surface area (Å²) in [6, 6.07) is 6.08. The van der Waals surface area contributed by atoms with Gasteiger partial charge in [-0.2, -0.15) is 0 Å². The van der Waals surface area contributed by atoms with E-state index in [4.69, 9.17) is 5.73 Å². The van der Waals surface area contributed by atoms with Crippen molar-refractivity contribution in [2.24, 2.45) is 5.73 Å². The molecule has 2 nitrogen and oxygen atoms in total. The number of rotatable bonds is 6. The largest absolute Gasteiger partial charge is 0.368 e. The predicted molar refractivity (Wildman–Crippen MR) is 88.3 cm³/mol. The number of hydrogen-bond donors (Lipinski definition) is 1. The second-order valence-corrected chi connectivity index (χ2v) is 6.24. The summed E-state index contributed by atoms with van der Waals surface area (Å²) >= 11 is 0. The SMILES string of the molecule is CCCC1CCCCN1c1cccc(F)c1CC(N)CC. The third-order valence-electron chi connectivity index (χ3n) is 4.64. The van der Waals surface area contributed by atoms with Gasteiger partial charge in [-0.15, -0.1) is 0 Å². The highest BCUT2D eigenvalue weighted by Crippen LogP contribution is 2.32. The monoisotopic (exact) mass is 292 g/mol. The normalized spacial score (nSPS) is 20.6. The lowest BCUT2D eigenvalue weighted by Gasteiger charge is -2.39. The van der Waals surface area contributed by atoms with Gasteiger partial charge in [-0.1, -0.05) is 26.3 Å². The van der Waals surface area contributed by atoms with Gasteiger partial charge in [0.15, 0.2) is 0 Å². The fourth-order valence-electron chi connectivity index (χ4n) is 3.38. The first kappa shape index (κ1) is 16.3. The molecular weight excluding hydrogens is 263 g/mol. The molecule has 1 fully saturated rings. The zero-order valence-electron chi connectivity index (χ0n) is 13.4. The minimum Gasteiger partial charge on any atom is -0.368 e. The van der Waals surface area contributed by atoms with Gasteiger partial charge in [-0.3, -0.25) is 0 Å². The predicted octanol–water partition coefficient (Wildman–Crippen LogP) is 4.26. The lowest BCUT2D eigenvalue weighted by Crippen LogP contribution is -2.40. The van der Waals surface area contributed by atoms with Gasteiger partial charge in [0.2, 0.25) is 0 Å². The van der Waals surface area contributed by atoms with Crippen molar-refractivity contribution < 1.29 is 4.39 Å². The quantitative estimate of drug-likeness (QED) is 0.848. The molecule has 3 heteroatoms. The third-order valence-corrected chi connectivity index (χ3v) is 4.64. The fraction of sp³-hybridized carbons (Fsp3) is 0.667. The van der Waals surface area contributed by atoms with Crippen molar-refractivity contribution >= 4 is 5.69 Å². The van der Waals surface area contributed by atoms with Gasteiger partial charge in [0.25, 0.3) is 0 Å². The van der Waals surface area contributed by atoms with E-state index >= 15 is 0 Å². The summed E-state index contributed by atoms with van der Waals surface area (Å²) in [6.45, 7) is 5.33. The molecule has 0 bridgehead atoms. The third kappa shape index (κ3) is 3.97. The second-order valence-electron chi connectivity index (χ2n) is 6.24. The molecule has 0 saturated carbocycles. The van der Waals surface area contributed by atoms with Crippen LogP contribution in [0.1, 0.15) is 57.9 Å². The van der Waals surface area contributed by atoms with Gasteiger partial charge in [-0.25, -0.2) is 4.39 Å². The summed E-state index contributed by atoms with van der Waals surface area (Å²) in [5, 5.41) is 0. The van der Waals surface area contributed by atoms with Gasteiger partial charge < -0.3 is 10.6 Å². The molecule has 1 heterocycles. The standard InChI is InChI=1S/C18H29FN2/c1-3-8-15-9-5-6-12-21(15)18-11-7-10-17(19)16(18)13-14(20)4-2/h7,10-11,14-15H,3-6,8-9,12-13,20H2,1-2H3. The van der Waals surface area contributed by atoms with Crippen LogP contribution in [0, 0.1) is 5.82 Å². The van der Waals surface area contributed by atoms with Gasteiger partial charge >= 0.3 is 0 Å². The van der Waals surface area contributed by atoms with Crippen molar-refractivity contribution in [2.45, 2.75) is 70.9 Å². The van der Waals surface area contributed by atoms with Crippen molar-refractivity contribution in [3.8, 4) is 0 Å². The number of benzene rings is 1. The summed E-state index contributed by atoms with van der Waals surface area (Å²) in [5.74, 6) is -0.0998. The lowest BCUT2D eigenvalue weighted by molar-refractivity contribution is 0.432. The Balaban J connectivity index is 2.30. The van der Waals surface area contributed by atoms with E-state index in [0.717, 1.165) is 24.2 Å². The summed E-state index contributed by atoms with van der Waals surface area (Å²) in [5.41, 5.74) is 7.98. The molecule has 118 valence electrons. The van der Waals surface area contributed by atoms with Gasteiger partial charge in [0.05, 0.1) is 0 Å². The van der Waals surface area contributed by atoms with E-state index in [1.165, 1.54) is 32.1 Å². The summed E-state index contributed by atoms with van der Waals surface area (Å²) < 4.78 is 14.3. The molecule has 1 aliphatic rings. The zero-order chi connectivity index (χ0) is 15.2. The molecule has 0 amide bonds. The number of anilines is 1. The van der Waals surface area contributed by atoms with Crippen LogP contribution in [0.25, 0.3) is 0 Å². The Labute approximate surface area is 128 Å². The minimum atomic E-state index is -0.0998. The van der Waals surface area contributed by atoms with Crippen LogP contribution in [0.3, 0.4) is 0 Å². The first-order valence-corrected chi connectivity index (χ1v) is 8.47. The zero-order valence-corrected chi connectivity index (χ0v) is 13.4. The smallest absolute Gasteiger partial charge is 0.128 e. The Morgan fingerprint density at radius 1 is 1.33 bits per heavy atom. The van der Waals surface area contributed by atoms with E-state index in [1.54, 1.807) is 6.07 Å². The molecule has 0 radical (unpaired) electrons. The first-order valence-electron chi connectivity index (χ1n) is 8.47. The molecule has 2 rings (SSSR count). The summed E-state index contributed by atoms with van der Waals surface area (Å²) in [4.78, 5) is 2.44. The molecule has 1 aromatic carbocycles.